The highest BCUT2D eigenvalue weighted by atomic mass is 16.6. The van der Waals surface area contributed by atoms with E-state index in [-0.39, 0.29) is 30.4 Å². The van der Waals surface area contributed by atoms with Crippen LogP contribution in [0.4, 0.5) is 11.4 Å². The van der Waals surface area contributed by atoms with Crippen molar-refractivity contribution in [3.63, 3.8) is 0 Å². The highest BCUT2D eigenvalue weighted by molar-refractivity contribution is 5.91. The molecule has 10 heteroatoms. The maximum Gasteiger partial charge on any atom is 0.312 e. The second-order valence-electron chi connectivity index (χ2n) is 5.48. The average molecular weight is 359 g/mol. The molecule has 136 valence electrons. The third kappa shape index (κ3) is 4.50. The fourth-order valence-corrected chi connectivity index (χ4v) is 2.43. The molecule has 1 heterocycles. The minimum absolute atomic E-state index is 0.0260. The lowest BCUT2D eigenvalue weighted by Crippen LogP contribution is -2.26. The van der Waals surface area contributed by atoms with E-state index < -0.39 is 9.85 Å². The summed E-state index contributed by atoms with van der Waals surface area (Å²) >= 11 is 0. The Morgan fingerprint density at radius 1 is 1.27 bits per heavy atom. The molecular formula is C16H17N5O5. The number of nitro benzene ring substituents is 1. The van der Waals surface area contributed by atoms with Crippen molar-refractivity contribution < 1.29 is 14.6 Å². The lowest BCUT2D eigenvalue weighted by atomic mass is 10.2. The first-order chi connectivity index (χ1) is 12.3. The lowest BCUT2D eigenvalue weighted by Gasteiger charge is -2.04. The number of non-ortho nitro benzene ring substituents is 1. The molecule has 1 N–H and O–H groups in total. The maximum absolute atomic E-state index is 11.8. The summed E-state index contributed by atoms with van der Waals surface area (Å²) in [6, 6.07) is 5.90. The predicted octanol–water partition coefficient (Wildman–Crippen LogP) is 2.15. The van der Waals surface area contributed by atoms with Crippen LogP contribution >= 0.6 is 0 Å². The van der Waals surface area contributed by atoms with Crippen LogP contribution in [-0.2, 0) is 11.3 Å². The van der Waals surface area contributed by atoms with Crippen molar-refractivity contribution in [3.8, 4) is 0 Å². The number of aryl methyl sites for hydroxylation is 1. The van der Waals surface area contributed by atoms with Crippen molar-refractivity contribution in [1.82, 2.24) is 15.1 Å². The quantitative estimate of drug-likeness (QED) is 0.457. The zero-order chi connectivity index (χ0) is 19.3. The molecule has 2 rings (SSSR count). The Morgan fingerprint density at radius 3 is 2.62 bits per heavy atom. The minimum atomic E-state index is -0.509. The van der Waals surface area contributed by atoms with Gasteiger partial charge in [-0.25, -0.2) is 0 Å². The molecule has 0 aliphatic rings. The van der Waals surface area contributed by atoms with Gasteiger partial charge in [0.15, 0.2) is 0 Å². The van der Waals surface area contributed by atoms with E-state index in [2.05, 4.69) is 10.4 Å². The Hall–Kier alpha value is -3.56. The number of benzene rings is 1. The van der Waals surface area contributed by atoms with E-state index in [4.69, 9.17) is 0 Å². The molecule has 0 aliphatic heterocycles. The van der Waals surface area contributed by atoms with E-state index in [0.717, 1.165) is 0 Å². The number of amides is 1. The first kappa shape index (κ1) is 18.8. The largest absolute Gasteiger partial charge is 0.351 e. The summed E-state index contributed by atoms with van der Waals surface area (Å²) in [5.41, 5.74) is 1.20. The fraction of sp³-hybridized carbons (Fsp3) is 0.250. The number of nitro groups is 2. The summed E-state index contributed by atoms with van der Waals surface area (Å²) in [5, 5.41) is 28.4. The van der Waals surface area contributed by atoms with Crippen molar-refractivity contribution in [2.45, 2.75) is 20.4 Å². The Bertz CT molecular complexity index is 887. The smallest absolute Gasteiger partial charge is 0.312 e. The first-order valence-corrected chi connectivity index (χ1v) is 7.68. The zero-order valence-electron chi connectivity index (χ0n) is 14.2. The van der Waals surface area contributed by atoms with Crippen LogP contribution in [0.25, 0.3) is 6.08 Å². The molecule has 0 spiro atoms. The number of nitrogens with zero attached hydrogens (tertiary/aromatic N) is 4. The normalized spacial score (nSPS) is 10.8. The van der Waals surface area contributed by atoms with Crippen LogP contribution in [0, 0.1) is 34.1 Å². The second kappa shape index (κ2) is 8.01. The predicted molar refractivity (Wildman–Crippen MR) is 93.5 cm³/mol. The van der Waals surface area contributed by atoms with Crippen LogP contribution in [0.3, 0.4) is 0 Å². The SMILES string of the molecule is Cc1nn(CCNC(=O)/C=C/c2cccc([N+](=O)[O-])c2)c(C)c1[N+](=O)[O-]. The van der Waals surface area contributed by atoms with Gasteiger partial charge in [0.2, 0.25) is 5.91 Å². The van der Waals surface area contributed by atoms with Crippen molar-refractivity contribution in [2.24, 2.45) is 0 Å². The summed E-state index contributed by atoms with van der Waals surface area (Å²) in [7, 11) is 0. The van der Waals surface area contributed by atoms with E-state index in [1.54, 1.807) is 19.9 Å². The molecule has 2 aromatic rings. The van der Waals surface area contributed by atoms with Crippen molar-refractivity contribution >= 4 is 23.4 Å². The van der Waals surface area contributed by atoms with E-state index in [1.165, 1.54) is 35.0 Å². The van der Waals surface area contributed by atoms with Crippen LogP contribution < -0.4 is 5.32 Å². The van der Waals surface area contributed by atoms with E-state index in [1.807, 2.05) is 0 Å². The molecule has 0 saturated carbocycles. The van der Waals surface area contributed by atoms with Gasteiger partial charge in [0.05, 0.1) is 16.4 Å². The molecule has 1 aromatic carbocycles. The summed E-state index contributed by atoms with van der Waals surface area (Å²) in [5.74, 6) is -0.382. The summed E-state index contributed by atoms with van der Waals surface area (Å²) < 4.78 is 1.47. The van der Waals surface area contributed by atoms with Crippen LogP contribution in [0.15, 0.2) is 30.3 Å². The van der Waals surface area contributed by atoms with Crippen LogP contribution in [0.2, 0.25) is 0 Å². The number of aromatic nitrogens is 2. The number of rotatable bonds is 7. The Labute approximate surface area is 148 Å². The van der Waals surface area contributed by atoms with E-state index in [0.29, 0.717) is 17.0 Å². The van der Waals surface area contributed by atoms with Gasteiger partial charge in [0.25, 0.3) is 5.69 Å². The highest BCUT2D eigenvalue weighted by Crippen LogP contribution is 2.21. The molecule has 0 fully saturated rings. The monoisotopic (exact) mass is 359 g/mol. The number of hydrogen-bond donors (Lipinski definition) is 1. The molecule has 1 aromatic heterocycles. The van der Waals surface area contributed by atoms with Gasteiger partial charge in [-0.3, -0.25) is 29.7 Å². The third-order valence-corrected chi connectivity index (χ3v) is 3.66. The lowest BCUT2D eigenvalue weighted by molar-refractivity contribution is -0.386. The van der Waals surface area contributed by atoms with Gasteiger partial charge in [-0.15, -0.1) is 0 Å². The second-order valence-corrected chi connectivity index (χ2v) is 5.48. The molecule has 0 bridgehead atoms. The number of carbonyl (C=O) groups excluding carboxylic acids is 1. The van der Waals surface area contributed by atoms with Crippen molar-refractivity contribution in [3.05, 3.63) is 67.5 Å². The van der Waals surface area contributed by atoms with Gasteiger partial charge >= 0.3 is 5.69 Å². The number of carbonyl (C=O) groups is 1. The molecule has 0 atom stereocenters. The fourth-order valence-electron chi connectivity index (χ4n) is 2.43. The first-order valence-electron chi connectivity index (χ1n) is 7.68. The average Bonchev–Trinajstić information content (AvgIpc) is 2.87. The topological polar surface area (TPSA) is 133 Å². The molecule has 26 heavy (non-hydrogen) atoms. The van der Waals surface area contributed by atoms with E-state index >= 15 is 0 Å². The standard InChI is InChI=1S/C16H17N5O5/c1-11-16(21(25)26)12(2)19(18-11)9-8-17-15(22)7-6-13-4-3-5-14(10-13)20(23)24/h3-7,10H,8-9H2,1-2H3,(H,17,22)/b7-6+. The summed E-state index contributed by atoms with van der Waals surface area (Å²) in [6.45, 7) is 3.68. The van der Waals surface area contributed by atoms with Crippen LogP contribution in [0.1, 0.15) is 17.0 Å². The highest BCUT2D eigenvalue weighted by Gasteiger charge is 2.21. The van der Waals surface area contributed by atoms with Gasteiger partial charge in [0.1, 0.15) is 11.4 Å². The molecule has 10 nitrogen and oxygen atoms in total. The third-order valence-electron chi connectivity index (χ3n) is 3.66. The van der Waals surface area contributed by atoms with Gasteiger partial charge in [0, 0.05) is 24.8 Å². The van der Waals surface area contributed by atoms with Gasteiger partial charge in [-0.2, -0.15) is 5.10 Å². The van der Waals surface area contributed by atoms with E-state index in [9.17, 15) is 25.0 Å². The summed E-state index contributed by atoms with van der Waals surface area (Å²) in [6.07, 6.45) is 2.74. The van der Waals surface area contributed by atoms with Crippen LogP contribution in [-0.4, -0.2) is 32.1 Å². The Kier molecular flexibility index (Phi) is 5.78. The molecule has 0 aliphatic carbocycles. The zero-order valence-corrected chi connectivity index (χ0v) is 14.2. The molecule has 0 unspecified atom stereocenters. The van der Waals surface area contributed by atoms with Crippen LogP contribution in [0.5, 0.6) is 0 Å². The maximum atomic E-state index is 11.8. The van der Waals surface area contributed by atoms with Gasteiger partial charge in [-0.1, -0.05) is 12.1 Å². The molecular weight excluding hydrogens is 342 g/mol. The molecule has 1 amide bonds. The molecule has 0 radical (unpaired) electrons. The molecule has 0 saturated heterocycles. The Balaban J connectivity index is 1.92. The summed E-state index contributed by atoms with van der Waals surface area (Å²) in [4.78, 5) is 32.5. The number of nitrogens with one attached hydrogen (secondary N) is 1. The number of hydrogen-bond acceptors (Lipinski definition) is 6. The van der Waals surface area contributed by atoms with Gasteiger partial charge < -0.3 is 5.32 Å². The Morgan fingerprint density at radius 2 is 2.00 bits per heavy atom. The van der Waals surface area contributed by atoms with Crippen molar-refractivity contribution in [1.29, 1.82) is 0 Å². The minimum Gasteiger partial charge on any atom is -0.351 e. The van der Waals surface area contributed by atoms with Gasteiger partial charge in [-0.05, 0) is 25.5 Å². The van der Waals surface area contributed by atoms with Crippen molar-refractivity contribution in [2.75, 3.05) is 6.54 Å².